The third-order valence-corrected chi connectivity index (χ3v) is 6.78. The summed E-state index contributed by atoms with van der Waals surface area (Å²) in [4.78, 5) is 2.39. The first-order valence-corrected chi connectivity index (χ1v) is 9.25. The molecule has 4 rings (SSSR count). The summed E-state index contributed by atoms with van der Waals surface area (Å²) in [6, 6.07) is 0. The second kappa shape index (κ2) is 5.53. The largest absolute Gasteiger partial charge is 0.315 e. The topological polar surface area (TPSA) is 15.3 Å². The molecule has 0 heterocycles. The van der Waals surface area contributed by atoms with Crippen LogP contribution in [-0.2, 0) is 0 Å². The minimum absolute atomic E-state index is 0.677. The molecule has 0 aromatic heterocycles. The van der Waals surface area contributed by atoms with E-state index in [-0.39, 0.29) is 0 Å². The van der Waals surface area contributed by atoms with Gasteiger partial charge < -0.3 is 10.2 Å². The van der Waals surface area contributed by atoms with Crippen LogP contribution in [0.5, 0.6) is 0 Å². The number of rotatable bonds is 7. The molecule has 2 heteroatoms. The molecular formula is C19H36N2. The minimum atomic E-state index is 0.677. The Balaban J connectivity index is 1.51. The lowest BCUT2D eigenvalue weighted by Gasteiger charge is -2.65. The quantitative estimate of drug-likeness (QED) is 0.716. The highest BCUT2D eigenvalue weighted by Gasteiger charge is 2.59. The van der Waals surface area contributed by atoms with Crippen LogP contribution < -0.4 is 5.32 Å². The summed E-state index contributed by atoms with van der Waals surface area (Å²) < 4.78 is 0. The molecule has 1 N–H and O–H groups in total. The van der Waals surface area contributed by atoms with Crippen LogP contribution in [0.1, 0.15) is 65.7 Å². The third-order valence-electron chi connectivity index (χ3n) is 6.78. The molecule has 4 fully saturated rings. The molecule has 4 aliphatic carbocycles. The van der Waals surface area contributed by atoms with E-state index in [0.29, 0.717) is 16.2 Å². The molecule has 0 saturated heterocycles. The maximum absolute atomic E-state index is 3.71. The number of likely N-dealkylation sites (N-methyl/N-ethyl adjacent to an activating group) is 1. The highest BCUT2D eigenvalue weighted by molar-refractivity contribution is 5.10. The fourth-order valence-electron chi connectivity index (χ4n) is 6.87. The van der Waals surface area contributed by atoms with Gasteiger partial charge in [-0.2, -0.15) is 0 Å². The van der Waals surface area contributed by atoms with Crippen molar-refractivity contribution < 1.29 is 0 Å². The lowest BCUT2D eigenvalue weighted by atomic mass is 9.40. The van der Waals surface area contributed by atoms with Crippen LogP contribution in [0.15, 0.2) is 0 Å². The van der Waals surface area contributed by atoms with Crippen molar-refractivity contribution in [3.05, 3.63) is 0 Å². The van der Waals surface area contributed by atoms with Gasteiger partial charge >= 0.3 is 0 Å². The summed E-state index contributed by atoms with van der Waals surface area (Å²) in [6.45, 7) is 12.1. The fraction of sp³-hybridized carbons (Fsp3) is 1.00. The van der Waals surface area contributed by atoms with Crippen molar-refractivity contribution >= 4 is 0 Å². The van der Waals surface area contributed by atoms with E-state index in [1.54, 1.807) is 0 Å². The second-order valence-electron chi connectivity index (χ2n) is 9.53. The van der Waals surface area contributed by atoms with Crippen molar-refractivity contribution in [1.82, 2.24) is 10.2 Å². The Morgan fingerprint density at radius 1 is 1.00 bits per heavy atom. The zero-order chi connectivity index (χ0) is 15.1. The van der Waals surface area contributed by atoms with Gasteiger partial charge in [-0.15, -0.1) is 0 Å². The molecule has 0 radical (unpaired) electrons. The van der Waals surface area contributed by atoms with Crippen LogP contribution in [0.25, 0.3) is 0 Å². The average Bonchev–Trinajstić information content (AvgIpc) is 2.33. The predicted octanol–water partition coefficient (Wildman–Crippen LogP) is 3.91. The van der Waals surface area contributed by atoms with Gasteiger partial charge in [0.1, 0.15) is 0 Å². The molecule has 0 amide bonds. The van der Waals surface area contributed by atoms with Crippen LogP contribution in [0.4, 0.5) is 0 Å². The monoisotopic (exact) mass is 292 g/mol. The Labute approximate surface area is 132 Å². The molecule has 0 aromatic rings. The first kappa shape index (κ1) is 15.8. The van der Waals surface area contributed by atoms with Crippen LogP contribution in [0.3, 0.4) is 0 Å². The van der Waals surface area contributed by atoms with E-state index in [1.165, 1.54) is 58.0 Å². The molecule has 2 unspecified atom stereocenters. The Bertz CT molecular complexity index is 360. The zero-order valence-electron chi connectivity index (χ0n) is 14.8. The van der Waals surface area contributed by atoms with Crippen molar-refractivity contribution in [3.63, 3.8) is 0 Å². The maximum atomic E-state index is 3.71. The van der Waals surface area contributed by atoms with Gasteiger partial charge in [0.2, 0.25) is 0 Å². The molecule has 4 aliphatic rings. The van der Waals surface area contributed by atoms with Gasteiger partial charge in [-0.1, -0.05) is 20.8 Å². The first-order chi connectivity index (χ1) is 9.86. The van der Waals surface area contributed by atoms with Gasteiger partial charge in [0.15, 0.2) is 0 Å². The van der Waals surface area contributed by atoms with Crippen LogP contribution in [0.2, 0.25) is 0 Å². The first-order valence-electron chi connectivity index (χ1n) is 9.25. The average molecular weight is 293 g/mol. The summed E-state index contributed by atoms with van der Waals surface area (Å²) in [6.07, 6.45) is 10.6. The number of hydrogen-bond donors (Lipinski definition) is 1. The van der Waals surface area contributed by atoms with Crippen LogP contribution in [-0.4, -0.2) is 38.1 Å². The Kier molecular flexibility index (Phi) is 4.16. The van der Waals surface area contributed by atoms with Gasteiger partial charge in [0.25, 0.3) is 0 Å². The van der Waals surface area contributed by atoms with Crippen molar-refractivity contribution in [3.8, 4) is 0 Å². The van der Waals surface area contributed by atoms with Gasteiger partial charge in [0.05, 0.1) is 0 Å². The van der Waals surface area contributed by atoms with E-state index in [9.17, 15) is 0 Å². The molecule has 2 atom stereocenters. The zero-order valence-corrected chi connectivity index (χ0v) is 14.8. The molecule has 4 saturated carbocycles. The lowest BCUT2D eigenvalue weighted by Crippen LogP contribution is -2.55. The molecule has 0 aliphatic heterocycles. The molecule has 2 nitrogen and oxygen atoms in total. The van der Waals surface area contributed by atoms with Crippen LogP contribution >= 0.6 is 0 Å². The number of nitrogens with one attached hydrogen (secondary N) is 1. The summed E-state index contributed by atoms with van der Waals surface area (Å²) in [5.41, 5.74) is 2.04. The van der Waals surface area contributed by atoms with Gasteiger partial charge in [-0.05, 0) is 87.2 Å². The van der Waals surface area contributed by atoms with Crippen molar-refractivity contribution in [2.45, 2.75) is 65.7 Å². The minimum Gasteiger partial charge on any atom is -0.315 e. The predicted molar refractivity (Wildman–Crippen MR) is 90.5 cm³/mol. The Morgan fingerprint density at radius 3 is 2.24 bits per heavy atom. The lowest BCUT2D eigenvalue weighted by molar-refractivity contribution is -0.147. The van der Waals surface area contributed by atoms with E-state index < -0.39 is 0 Å². The van der Waals surface area contributed by atoms with Crippen molar-refractivity contribution in [1.29, 1.82) is 0 Å². The molecule has 0 aromatic carbocycles. The molecule has 4 bridgehead atoms. The van der Waals surface area contributed by atoms with E-state index in [0.717, 1.165) is 19.0 Å². The highest BCUT2D eigenvalue weighted by atomic mass is 15.1. The summed E-state index contributed by atoms with van der Waals surface area (Å²) in [5, 5.41) is 3.71. The summed E-state index contributed by atoms with van der Waals surface area (Å²) >= 11 is 0. The highest BCUT2D eigenvalue weighted by Crippen LogP contribution is 2.70. The number of nitrogens with zero attached hydrogens (tertiary/aromatic N) is 1. The van der Waals surface area contributed by atoms with E-state index in [2.05, 4.69) is 38.0 Å². The maximum Gasteiger partial charge on any atom is 0.0104 e. The smallest absolute Gasteiger partial charge is 0.0104 e. The normalized spacial score (nSPS) is 44.7. The van der Waals surface area contributed by atoms with Crippen molar-refractivity contribution in [2.75, 3.05) is 33.2 Å². The molecule has 21 heavy (non-hydrogen) atoms. The fourth-order valence-corrected chi connectivity index (χ4v) is 6.87. The van der Waals surface area contributed by atoms with E-state index in [4.69, 9.17) is 0 Å². The SMILES string of the molecule is CCN(C)CCNCCC12CC3CC(C)(CC(C)(C3)C1)C2. The molecule has 122 valence electrons. The molecule has 0 spiro atoms. The van der Waals surface area contributed by atoms with Crippen LogP contribution in [0, 0.1) is 22.2 Å². The Morgan fingerprint density at radius 2 is 1.67 bits per heavy atom. The van der Waals surface area contributed by atoms with E-state index in [1.807, 2.05) is 0 Å². The van der Waals surface area contributed by atoms with E-state index >= 15 is 0 Å². The van der Waals surface area contributed by atoms with Gasteiger partial charge in [-0.3, -0.25) is 0 Å². The van der Waals surface area contributed by atoms with Gasteiger partial charge in [0, 0.05) is 13.1 Å². The molecular weight excluding hydrogens is 256 g/mol. The summed E-state index contributed by atoms with van der Waals surface area (Å²) in [5.74, 6) is 1.04. The third kappa shape index (κ3) is 3.32. The van der Waals surface area contributed by atoms with Crippen molar-refractivity contribution in [2.24, 2.45) is 22.2 Å². The van der Waals surface area contributed by atoms with Gasteiger partial charge in [-0.25, -0.2) is 0 Å². The summed E-state index contributed by atoms with van der Waals surface area (Å²) in [7, 11) is 2.21. The number of hydrogen-bond acceptors (Lipinski definition) is 2. The second-order valence-corrected chi connectivity index (χ2v) is 9.53. The standard InChI is InChI=1S/C19H36N2/c1-5-21(4)9-8-20-7-6-19-12-16-10-17(2,14-19)13-18(3,11-16)15-19/h16,20H,5-15H2,1-4H3. The Hall–Kier alpha value is -0.0800.